The molecule has 1 amide bonds. The Morgan fingerprint density at radius 1 is 0.944 bits per heavy atom. The van der Waals surface area contributed by atoms with E-state index in [1.54, 1.807) is 31.5 Å². The summed E-state index contributed by atoms with van der Waals surface area (Å²) in [4.78, 5) is 21.6. The van der Waals surface area contributed by atoms with Gasteiger partial charge in [-0.05, 0) is 54.4 Å². The number of halogens is 1. The predicted molar refractivity (Wildman–Crippen MR) is 133 cm³/mol. The molecule has 1 aliphatic heterocycles. The second kappa shape index (κ2) is 8.88. The molecule has 0 fully saturated rings. The van der Waals surface area contributed by atoms with Crippen molar-refractivity contribution in [3.63, 3.8) is 0 Å². The third-order valence-electron chi connectivity index (χ3n) is 6.40. The Labute approximate surface area is 206 Å². The number of fused-ring (bicyclic) bond motifs is 1. The third kappa shape index (κ3) is 3.86. The minimum atomic E-state index is -0.321. The number of rotatable bonds is 5. The number of aromatic nitrogens is 4. The molecule has 5 aromatic rings. The van der Waals surface area contributed by atoms with Gasteiger partial charge in [0, 0.05) is 54.3 Å². The number of nitrogens with one attached hydrogen (secondary N) is 1. The summed E-state index contributed by atoms with van der Waals surface area (Å²) in [5, 5.41) is 6.85. The molecule has 36 heavy (non-hydrogen) atoms. The molecule has 0 unspecified atom stereocenters. The molecule has 0 saturated carbocycles. The maximum atomic E-state index is 13.8. The van der Waals surface area contributed by atoms with E-state index in [1.165, 1.54) is 12.1 Å². The lowest BCUT2D eigenvalue weighted by molar-refractivity contribution is 0.0946. The van der Waals surface area contributed by atoms with E-state index < -0.39 is 0 Å². The zero-order chi connectivity index (χ0) is 24.6. The predicted octanol–water partition coefficient (Wildman–Crippen LogP) is 5.05. The summed E-state index contributed by atoms with van der Waals surface area (Å²) in [5.74, 6) is 0.622. The lowest BCUT2D eigenvalue weighted by atomic mass is 9.95. The first-order chi connectivity index (χ1) is 17.6. The van der Waals surface area contributed by atoms with Gasteiger partial charge in [-0.3, -0.25) is 9.78 Å². The topological polar surface area (TPSA) is 85.8 Å². The molecule has 0 spiro atoms. The van der Waals surface area contributed by atoms with E-state index in [-0.39, 0.29) is 11.7 Å². The molecule has 1 N–H and O–H groups in total. The largest absolute Gasteiger partial charge is 0.352 e. The van der Waals surface area contributed by atoms with E-state index in [9.17, 15) is 9.18 Å². The molecule has 3 aromatic heterocycles. The molecule has 4 heterocycles. The second-order valence-corrected chi connectivity index (χ2v) is 8.72. The number of carbonyl (C=O) groups excluding carboxylic acids is 1. The van der Waals surface area contributed by atoms with Crippen molar-refractivity contribution in [2.24, 2.45) is 0 Å². The molecule has 8 heteroatoms. The van der Waals surface area contributed by atoms with Crippen LogP contribution in [0.25, 0.3) is 33.8 Å². The molecule has 0 bridgehead atoms. The van der Waals surface area contributed by atoms with Crippen LogP contribution in [0.2, 0.25) is 0 Å². The van der Waals surface area contributed by atoms with Crippen LogP contribution in [0.5, 0.6) is 0 Å². The number of amides is 1. The molecule has 6 rings (SSSR count). The molecule has 0 atom stereocenters. The van der Waals surface area contributed by atoms with Crippen molar-refractivity contribution in [2.45, 2.75) is 19.9 Å². The lowest BCUT2D eigenvalue weighted by Crippen LogP contribution is -2.32. The summed E-state index contributed by atoms with van der Waals surface area (Å²) < 4.78 is 21.3. The zero-order valence-corrected chi connectivity index (χ0v) is 19.5. The van der Waals surface area contributed by atoms with Crippen molar-refractivity contribution in [2.75, 3.05) is 6.54 Å². The van der Waals surface area contributed by atoms with Gasteiger partial charge in [0.15, 0.2) is 5.82 Å². The highest BCUT2D eigenvalue weighted by Crippen LogP contribution is 2.41. The highest BCUT2D eigenvalue weighted by Gasteiger charge is 2.31. The summed E-state index contributed by atoms with van der Waals surface area (Å²) in [6, 6.07) is 18.1. The van der Waals surface area contributed by atoms with E-state index in [2.05, 4.69) is 25.0 Å². The Hall–Kier alpha value is -4.59. The van der Waals surface area contributed by atoms with Crippen LogP contribution in [0.1, 0.15) is 27.4 Å². The van der Waals surface area contributed by atoms with Crippen LogP contribution in [0.15, 0.2) is 77.6 Å². The fraction of sp³-hybridized carbons (Fsp3) is 0.143. The molecule has 0 aliphatic carbocycles. The summed E-state index contributed by atoms with van der Waals surface area (Å²) in [7, 11) is 0. The zero-order valence-electron chi connectivity index (χ0n) is 19.5. The van der Waals surface area contributed by atoms with E-state index in [0.29, 0.717) is 36.8 Å². The number of aryl methyl sites for hydroxylation is 1. The molecule has 1 aliphatic rings. The van der Waals surface area contributed by atoms with Crippen LogP contribution in [0.4, 0.5) is 4.39 Å². The van der Waals surface area contributed by atoms with Gasteiger partial charge in [0.25, 0.3) is 11.8 Å². The Morgan fingerprint density at radius 2 is 1.67 bits per heavy atom. The molecule has 2 aromatic carbocycles. The Kier molecular flexibility index (Phi) is 5.41. The minimum absolute atomic E-state index is 0.119. The van der Waals surface area contributed by atoms with Crippen molar-refractivity contribution in [3.8, 4) is 33.8 Å². The van der Waals surface area contributed by atoms with Crippen LogP contribution in [0, 0.1) is 12.7 Å². The first kappa shape index (κ1) is 21.9. The number of pyridine rings is 1. The van der Waals surface area contributed by atoms with E-state index in [1.807, 2.05) is 36.4 Å². The molecule has 0 saturated heterocycles. The van der Waals surface area contributed by atoms with Crippen LogP contribution >= 0.6 is 0 Å². The third-order valence-corrected chi connectivity index (χ3v) is 6.40. The monoisotopic (exact) mass is 479 g/mol. The quantitative estimate of drug-likeness (QED) is 0.381. The first-order valence-electron chi connectivity index (χ1n) is 11.7. The van der Waals surface area contributed by atoms with E-state index in [0.717, 1.165) is 39.2 Å². The van der Waals surface area contributed by atoms with Crippen molar-refractivity contribution >= 4 is 5.91 Å². The number of nitrogens with zero attached hydrogens (tertiary/aromatic N) is 4. The fourth-order valence-electron chi connectivity index (χ4n) is 4.79. The summed E-state index contributed by atoms with van der Waals surface area (Å²) in [6.07, 6.45) is 4.17. The number of benzene rings is 2. The second-order valence-electron chi connectivity index (χ2n) is 8.72. The summed E-state index contributed by atoms with van der Waals surface area (Å²) in [6.45, 7) is 2.90. The summed E-state index contributed by atoms with van der Waals surface area (Å²) in [5.41, 5.74) is 6.92. The normalized spacial score (nSPS) is 12.9. The molecular weight excluding hydrogens is 457 g/mol. The van der Waals surface area contributed by atoms with Crippen molar-refractivity contribution < 1.29 is 13.7 Å². The minimum Gasteiger partial charge on any atom is -0.352 e. The van der Waals surface area contributed by atoms with Gasteiger partial charge in [0.05, 0.1) is 11.3 Å². The van der Waals surface area contributed by atoms with Gasteiger partial charge in [0.1, 0.15) is 5.82 Å². The van der Waals surface area contributed by atoms with E-state index >= 15 is 0 Å². The Morgan fingerprint density at radius 3 is 2.36 bits per heavy atom. The Bertz CT molecular complexity index is 1550. The smallest absolute Gasteiger partial charge is 0.257 e. The molecule has 178 valence electrons. The molecular formula is C28H22FN5O2. The fourth-order valence-corrected chi connectivity index (χ4v) is 4.79. The maximum absolute atomic E-state index is 13.8. The van der Waals surface area contributed by atoms with Gasteiger partial charge in [-0.2, -0.15) is 4.98 Å². The lowest BCUT2D eigenvalue weighted by Gasteiger charge is -2.18. The van der Waals surface area contributed by atoms with Crippen molar-refractivity contribution in [1.82, 2.24) is 25.0 Å². The van der Waals surface area contributed by atoms with Crippen LogP contribution < -0.4 is 5.32 Å². The highest BCUT2D eigenvalue weighted by molar-refractivity contribution is 6.07. The number of carbonyl (C=O) groups is 1. The van der Waals surface area contributed by atoms with Crippen molar-refractivity contribution in [1.29, 1.82) is 0 Å². The van der Waals surface area contributed by atoms with E-state index in [4.69, 9.17) is 4.52 Å². The van der Waals surface area contributed by atoms with Gasteiger partial charge >= 0.3 is 0 Å². The maximum Gasteiger partial charge on any atom is 0.257 e. The molecule has 7 nitrogen and oxygen atoms in total. The standard InChI is InChI=1S/C28H22FN5O2/c1-17-32-28(36-33-17)21-4-2-18(3-5-21)16-34-23-12-15-31-27(35)25(23)24(19-6-8-22(29)9-7-19)26(34)20-10-13-30-14-11-20/h2-11,13-14H,12,15-16H2,1H3,(H,31,35). The van der Waals surface area contributed by atoms with Gasteiger partial charge in [-0.15, -0.1) is 0 Å². The van der Waals surface area contributed by atoms with Crippen LogP contribution in [-0.2, 0) is 13.0 Å². The van der Waals surface area contributed by atoms with Gasteiger partial charge in [-0.1, -0.05) is 29.4 Å². The molecule has 0 radical (unpaired) electrons. The SMILES string of the molecule is Cc1noc(-c2ccc(Cn3c4c(c(-c5ccc(F)cc5)c3-c3ccncc3)C(=O)NCC4)cc2)n1. The average molecular weight is 480 g/mol. The average Bonchev–Trinajstić information content (AvgIpc) is 3.48. The summed E-state index contributed by atoms with van der Waals surface area (Å²) >= 11 is 0. The van der Waals surface area contributed by atoms with Gasteiger partial charge in [0.2, 0.25) is 0 Å². The van der Waals surface area contributed by atoms with Crippen LogP contribution in [0.3, 0.4) is 0 Å². The first-order valence-corrected chi connectivity index (χ1v) is 11.7. The number of hydrogen-bond donors (Lipinski definition) is 1. The van der Waals surface area contributed by atoms with Crippen LogP contribution in [-0.4, -0.2) is 32.1 Å². The van der Waals surface area contributed by atoms with Gasteiger partial charge < -0.3 is 14.4 Å². The highest BCUT2D eigenvalue weighted by atomic mass is 19.1. The Balaban J connectivity index is 1.52. The number of hydrogen-bond acceptors (Lipinski definition) is 5. The van der Waals surface area contributed by atoms with Gasteiger partial charge in [-0.25, -0.2) is 4.39 Å². The van der Waals surface area contributed by atoms with Crippen molar-refractivity contribution in [3.05, 3.63) is 102 Å².